The molecule has 1 heterocycles. The Balaban J connectivity index is 1.97. The van der Waals surface area contributed by atoms with Crippen molar-refractivity contribution in [3.8, 4) is 0 Å². The first-order valence-electron chi connectivity index (χ1n) is 7.09. The number of fused-ring (bicyclic) bond motifs is 1. The number of nitrogens with one attached hydrogen (secondary N) is 1. The van der Waals surface area contributed by atoms with Crippen LogP contribution in [-0.2, 0) is 11.2 Å². The van der Waals surface area contributed by atoms with E-state index in [4.69, 9.17) is 16.3 Å². The standard InChI is InChI=1S/C17H16ClNO3/c1-9-15-13(19-16(9)17(21)22-2)7-11(8-14(15)20)10-3-5-12(18)6-4-10/h3-6,11,19H,7-8H2,1-2H3. The lowest BCUT2D eigenvalue weighted by Gasteiger charge is -2.22. The van der Waals surface area contributed by atoms with Gasteiger partial charge in [-0.15, -0.1) is 0 Å². The Kier molecular flexibility index (Phi) is 3.79. The van der Waals surface area contributed by atoms with E-state index in [9.17, 15) is 9.59 Å². The highest BCUT2D eigenvalue weighted by atomic mass is 35.5. The van der Waals surface area contributed by atoms with Crippen molar-refractivity contribution >= 4 is 23.4 Å². The first kappa shape index (κ1) is 14.9. The molecular formula is C17H16ClNO3. The van der Waals surface area contributed by atoms with Crippen molar-refractivity contribution in [1.29, 1.82) is 0 Å². The molecule has 5 heteroatoms. The van der Waals surface area contributed by atoms with Gasteiger partial charge in [-0.25, -0.2) is 4.79 Å². The zero-order chi connectivity index (χ0) is 15.9. The molecule has 0 radical (unpaired) electrons. The molecule has 0 fully saturated rings. The Morgan fingerprint density at radius 3 is 2.59 bits per heavy atom. The van der Waals surface area contributed by atoms with E-state index >= 15 is 0 Å². The van der Waals surface area contributed by atoms with E-state index in [-0.39, 0.29) is 11.7 Å². The van der Waals surface area contributed by atoms with Crippen LogP contribution in [0.2, 0.25) is 5.02 Å². The number of benzene rings is 1. The van der Waals surface area contributed by atoms with Crippen LogP contribution in [0, 0.1) is 6.92 Å². The second-order valence-electron chi connectivity index (χ2n) is 5.55. The third kappa shape index (κ3) is 2.44. The fourth-order valence-corrected chi connectivity index (χ4v) is 3.24. The van der Waals surface area contributed by atoms with E-state index in [1.807, 2.05) is 24.3 Å². The highest BCUT2D eigenvalue weighted by Gasteiger charge is 2.32. The molecule has 0 saturated heterocycles. The molecule has 114 valence electrons. The smallest absolute Gasteiger partial charge is 0.354 e. The van der Waals surface area contributed by atoms with Gasteiger partial charge in [0, 0.05) is 22.7 Å². The maximum atomic E-state index is 12.5. The van der Waals surface area contributed by atoms with E-state index in [2.05, 4.69) is 4.98 Å². The lowest BCUT2D eigenvalue weighted by atomic mass is 9.81. The molecule has 2 aromatic rings. The number of aromatic amines is 1. The quantitative estimate of drug-likeness (QED) is 0.860. The molecular weight excluding hydrogens is 302 g/mol. The molecule has 1 aliphatic carbocycles. The number of Topliss-reactive ketones (excluding diaryl/α,β-unsaturated/α-hetero) is 1. The predicted molar refractivity (Wildman–Crippen MR) is 83.7 cm³/mol. The van der Waals surface area contributed by atoms with Crippen LogP contribution in [0.1, 0.15) is 50.0 Å². The number of methoxy groups -OCH3 is 1. The van der Waals surface area contributed by atoms with Crippen molar-refractivity contribution < 1.29 is 14.3 Å². The molecule has 0 saturated carbocycles. The number of aromatic nitrogens is 1. The normalized spacial score (nSPS) is 17.2. The molecule has 1 N–H and O–H groups in total. The highest BCUT2D eigenvalue weighted by molar-refractivity contribution is 6.30. The number of ketones is 1. The second kappa shape index (κ2) is 5.61. The van der Waals surface area contributed by atoms with Crippen LogP contribution >= 0.6 is 11.6 Å². The van der Waals surface area contributed by atoms with Gasteiger partial charge in [0.05, 0.1) is 7.11 Å². The predicted octanol–water partition coefficient (Wildman–Crippen LogP) is 3.68. The van der Waals surface area contributed by atoms with Crippen molar-refractivity contribution in [2.24, 2.45) is 0 Å². The van der Waals surface area contributed by atoms with Crippen LogP contribution in [-0.4, -0.2) is 23.8 Å². The van der Waals surface area contributed by atoms with Crippen LogP contribution in [0.25, 0.3) is 0 Å². The number of carbonyl (C=O) groups excluding carboxylic acids is 2. The molecule has 1 aliphatic rings. The van der Waals surface area contributed by atoms with Gasteiger partial charge in [0.2, 0.25) is 0 Å². The van der Waals surface area contributed by atoms with E-state index < -0.39 is 5.97 Å². The maximum Gasteiger partial charge on any atom is 0.354 e. The fraction of sp³-hybridized carbons (Fsp3) is 0.294. The highest BCUT2D eigenvalue weighted by Crippen LogP contribution is 2.35. The largest absolute Gasteiger partial charge is 0.464 e. The van der Waals surface area contributed by atoms with Crippen molar-refractivity contribution in [2.45, 2.75) is 25.7 Å². The van der Waals surface area contributed by atoms with Crippen molar-refractivity contribution in [3.63, 3.8) is 0 Å². The zero-order valence-electron chi connectivity index (χ0n) is 12.4. The molecule has 1 unspecified atom stereocenters. The van der Waals surface area contributed by atoms with Crippen LogP contribution in [0.4, 0.5) is 0 Å². The number of rotatable bonds is 2. The molecule has 1 aromatic carbocycles. The van der Waals surface area contributed by atoms with Gasteiger partial charge in [-0.1, -0.05) is 23.7 Å². The van der Waals surface area contributed by atoms with Crippen molar-refractivity contribution in [1.82, 2.24) is 4.98 Å². The third-order valence-corrected chi connectivity index (χ3v) is 4.47. The van der Waals surface area contributed by atoms with Gasteiger partial charge in [-0.05, 0) is 42.5 Å². The van der Waals surface area contributed by atoms with Crippen LogP contribution in [0.3, 0.4) is 0 Å². The summed E-state index contributed by atoms with van der Waals surface area (Å²) in [7, 11) is 1.33. The minimum Gasteiger partial charge on any atom is -0.464 e. The van der Waals surface area contributed by atoms with E-state index in [1.165, 1.54) is 7.11 Å². The minimum atomic E-state index is -0.442. The topological polar surface area (TPSA) is 59.2 Å². The zero-order valence-corrected chi connectivity index (χ0v) is 13.2. The molecule has 0 aliphatic heterocycles. The van der Waals surface area contributed by atoms with Gasteiger partial charge < -0.3 is 9.72 Å². The second-order valence-corrected chi connectivity index (χ2v) is 5.99. The van der Waals surface area contributed by atoms with Crippen LogP contribution < -0.4 is 0 Å². The summed E-state index contributed by atoms with van der Waals surface area (Å²) in [5.74, 6) is -0.284. The SMILES string of the molecule is COC(=O)c1[nH]c2c(c1C)C(=O)CC(c1ccc(Cl)cc1)C2. The Morgan fingerprint density at radius 1 is 1.27 bits per heavy atom. The average molecular weight is 318 g/mol. The minimum absolute atomic E-state index is 0.0603. The summed E-state index contributed by atoms with van der Waals surface area (Å²) in [5, 5.41) is 0.676. The number of esters is 1. The number of ether oxygens (including phenoxy) is 1. The number of halogens is 1. The van der Waals surface area contributed by atoms with Crippen molar-refractivity contribution in [3.05, 3.63) is 57.4 Å². The van der Waals surface area contributed by atoms with Crippen LogP contribution in [0.15, 0.2) is 24.3 Å². The van der Waals surface area contributed by atoms with Gasteiger partial charge in [-0.2, -0.15) is 0 Å². The number of hydrogen-bond donors (Lipinski definition) is 1. The number of hydrogen-bond acceptors (Lipinski definition) is 3. The number of H-pyrrole nitrogens is 1. The lowest BCUT2D eigenvalue weighted by molar-refractivity contribution is 0.0593. The summed E-state index contributed by atoms with van der Waals surface area (Å²) in [6.07, 6.45) is 1.13. The van der Waals surface area contributed by atoms with Gasteiger partial charge >= 0.3 is 5.97 Å². The molecule has 3 rings (SSSR count). The molecule has 22 heavy (non-hydrogen) atoms. The maximum absolute atomic E-state index is 12.5. The Bertz CT molecular complexity index is 746. The molecule has 4 nitrogen and oxygen atoms in total. The monoisotopic (exact) mass is 317 g/mol. The van der Waals surface area contributed by atoms with Gasteiger partial charge in [0.25, 0.3) is 0 Å². The summed E-state index contributed by atoms with van der Waals surface area (Å²) < 4.78 is 4.76. The van der Waals surface area contributed by atoms with Gasteiger partial charge in [0.1, 0.15) is 5.69 Å². The molecule has 1 aromatic heterocycles. The summed E-state index contributed by atoms with van der Waals surface area (Å²) in [6, 6.07) is 7.55. The fourth-order valence-electron chi connectivity index (χ4n) is 3.11. The Labute approximate surface area is 133 Å². The molecule has 1 atom stereocenters. The molecule has 0 spiro atoms. The van der Waals surface area contributed by atoms with E-state index in [1.54, 1.807) is 6.92 Å². The first-order chi connectivity index (χ1) is 10.5. The third-order valence-electron chi connectivity index (χ3n) is 4.22. The molecule has 0 bridgehead atoms. The van der Waals surface area contributed by atoms with Gasteiger partial charge in [0.15, 0.2) is 5.78 Å². The lowest BCUT2D eigenvalue weighted by Crippen LogP contribution is -2.18. The molecule has 0 amide bonds. The Hall–Kier alpha value is -2.07. The Morgan fingerprint density at radius 2 is 1.95 bits per heavy atom. The first-order valence-corrected chi connectivity index (χ1v) is 7.47. The summed E-state index contributed by atoms with van der Waals surface area (Å²) in [5.41, 5.74) is 3.59. The van der Waals surface area contributed by atoms with Crippen molar-refractivity contribution in [2.75, 3.05) is 7.11 Å². The van der Waals surface area contributed by atoms with Gasteiger partial charge in [-0.3, -0.25) is 4.79 Å². The van der Waals surface area contributed by atoms with E-state index in [0.29, 0.717) is 34.7 Å². The summed E-state index contributed by atoms with van der Waals surface area (Å²) >= 11 is 5.91. The number of carbonyl (C=O) groups is 2. The van der Waals surface area contributed by atoms with Crippen LogP contribution in [0.5, 0.6) is 0 Å². The summed E-state index contributed by atoms with van der Waals surface area (Å²) in [6.45, 7) is 1.78. The van der Waals surface area contributed by atoms with E-state index in [0.717, 1.165) is 11.3 Å². The summed E-state index contributed by atoms with van der Waals surface area (Å²) in [4.78, 5) is 27.3. The average Bonchev–Trinajstić information content (AvgIpc) is 2.84.